The van der Waals surface area contributed by atoms with Crippen LogP contribution in [-0.4, -0.2) is 43.9 Å². The van der Waals surface area contributed by atoms with Crippen molar-refractivity contribution in [2.24, 2.45) is 0 Å². The number of hydrazine groups is 1. The number of nitrogens with one attached hydrogen (secondary N) is 2. The van der Waals surface area contributed by atoms with Gasteiger partial charge in [0.05, 0.1) is 28.4 Å². The van der Waals surface area contributed by atoms with E-state index in [1.54, 1.807) is 13.8 Å². The van der Waals surface area contributed by atoms with Gasteiger partial charge in [0, 0.05) is 18.7 Å². The Morgan fingerprint density at radius 1 is 1.03 bits per heavy atom. The molecule has 0 aromatic heterocycles. The van der Waals surface area contributed by atoms with E-state index in [1.807, 2.05) is 0 Å². The summed E-state index contributed by atoms with van der Waals surface area (Å²) >= 11 is 0. The minimum atomic E-state index is -4.58. The third kappa shape index (κ3) is 5.35. The maximum atomic E-state index is 13.0. The van der Waals surface area contributed by atoms with Crippen molar-refractivity contribution >= 4 is 21.6 Å². The molecule has 0 bridgehead atoms. The highest BCUT2D eigenvalue weighted by Crippen LogP contribution is 2.34. The van der Waals surface area contributed by atoms with E-state index in [9.17, 15) is 26.4 Å². The number of alkyl halides is 3. The first kappa shape index (κ1) is 23.0. The van der Waals surface area contributed by atoms with Crippen LogP contribution in [0.25, 0.3) is 0 Å². The predicted octanol–water partition coefficient (Wildman–Crippen LogP) is 3.26. The van der Waals surface area contributed by atoms with Crippen molar-refractivity contribution in [3.8, 4) is 0 Å². The van der Waals surface area contributed by atoms with Crippen LogP contribution in [0.2, 0.25) is 0 Å². The molecule has 1 heterocycles. The third-order valence-electron chi connectivity index (χ3n) is 4.68. The van der Waals surface area contributed by atoms with Crippen molar-refractivity contribution in [3.05, 3.63) is 59.7 Å². The zero-order chi connectivity index (χ0) is 22.8. The summed E-state index contributed by atoms with van der Waals surface area (Å²) in [4.78, 5) is 12.3. The Morgan fingerprint density at radius 2 is 1.61 bits per heavy atom. The lowest BCUT2D eigenvalue weighted by molar-refractivity contribution is -0.137. The highest BCUT2D eigenvalue weighted by atomic mass is 32.2. The van der Waals surface area contributed by atoms with E-state index in [-0.39, 0.29) is 41.4 Å². The largest absolute Gasteiger partial charge is 0.418 e. The molecule has 1 saturated heterocycles. The molecule has 0 aliphatic carbocycles. The van der Waals surface area contributed by atoms with Gasteiger partial charge >= 0.3 is 6.18 Å². The van der Waals surface area contributed by atoms with Crippen LogP contribution in [0.3, 0.4) is 0 Å². The van der Waals surface area contributed by atoms with Crippen molar-refractivity contribution < 1.29 is 31.1 Å². The topological polar surface area (TPSA) is 87.7 Å². The van der Waals surface area contributed by atoms with Gasteiger partial charge in [-0.2, -0.15) is 17.5 Å². The molecule has 2 atom stereocenters. The van der Waals surface area contributed by atoms with Gasteiger partial charge in [-0.1, -0.05) is 12.1 Å². The third-order valence-corrected chi connectivity index (χ3v) is 6.53. The van der Waals surface area contributed by atoms with E-state index in [2.05, 4.69) is 10.9 Å². The van der Waals surface area contributed by atoms with Crippen LogP contribution in [0.5, 0.6) is 0 Å². The SMILES string of the molecule is C[C@@H]1CN(S(=O)(=O)c2ccc(C(=O)NNc3ccccc3C(F)(F)F)cc2)C[C@H](C)O1. The van der Waals surface area contributed by atoms with Crippen LogP contribution < -0.4 is 10.9 Å². The molecule has 168 valence electrons. The summed E-state index contributed by atoms with van der Waals surface area (Å²) in [6, 6.07) is 9.89. The quantitative estimate of drug-likeness (QED) is 0.673. The van der Waals surface area contributed by atoms with E-state index < -0.39 is 27.7 Å². The second kappa shape index (κ2) is 8.85. The molecule has 2 aromatic carbocycles. The zero-order valence-electron chi connectivity index (χ0n) is 16.8. The van der Waals surface area contributed by atoms with Gasteiger partial charge in [-0.25, -0.2) is 8.42 Å². The number of benzene rings is 2. The molecule has 1 aliphatic rings. The second-order valence-electron chi connectivity index (χ2n) is 7.23. The Labute approximate surface area is 178 Å². The number of hydrogen-bond acceptors (Lipinski definition) is 5. The molecule has 11 heteroatoms. The number of halogens is 3. The molecule has 2 N–H and O–H groups in total. The fourth-order valence-corrected chi connectivity index (χ4v) is 4.88. The lowest BCUT2D eigenvalue weighted by atomic mass is 10.2. The minimum absolute atomic E-state index is 0.0146. The molecule has 0 unspecified atom stereocenters. The summed E-state index contributed by atoms with van der Waals surface area (Å²) in [5, 5.41) is 0. The first-order valence-corrected chi connectivity index (χ1v) is 10.9. The number of nitrogens with zero attached hydrogens (tertiary/aromatic N) is 1. The summed E-state index contributed by atoms with van der Waals surface area (Å²) in [7, 11) is -3.77. The Kier molecular flexibility index (Phi) is 6.58. The molecule has 0 saturated carbocycles. The number of anilines is 1. The maximum absolute atomic E-state index is 13.0. The number of rotatable bonds is 5. The summed E-state index contributed by atoms with van der Waals surface area (Å²) in [5.41, 5.74) is 3.31. The van der Waals surface area contributed by atoms with E-state index in [0.717, 1.165) is 6.07 Å². The van der Waals surface area contributed by atoms with Crippen LogP contribution in [0, 0.1) is 0 Å². The fraction of sp³-hybridized carbons (Fsp3) is 0.350. The molecule has 1 aliphatic heterocycles. The number of morpholine rings is 1. The molecule has 3 rings (SSSR count). The summed E-state index contributed by atoms with van der Waals surface area (Å²) in [6.07, 6.45) is -5.07. The Morgan fingerprint density at radius 3 is 2.19 bits per heavy atom. The lowest BCUT2D eigenvalue weighted by Gasteiger charge is -2.34. The first-order chi connectivity index (χ1) is 14.5. The van der Waals surface area contributed by atoms with Crippen LogP contribution in [0.15, 0.2) is 53.4 Å². The first-order valence-electron chi connectivity index (χ1n) is 9.46. The number of sulfonamides is 1. The van der Waals surface area contributed by atoms with Gasteiger partial charge in [0.1, 0.15) is 0 Å². The Balaban J connectivity index is 1.70. The van der Waals surface area contributed by atoms with Crippen molar-refractivity contribution in [2.45, 2.75) is 37.1 Å². The molecule has 0 radical (unpaired) electrons. The summed E-state index contributed by atoms with van der Waals surface area (Å²) in [5.74, 6) is -0.713. The highest BCUT2D eigenvalue weighted by Gasteiger charge is 2.34. The van der Waals surface area contributed by atoms with Crippen molar-refractivity contribution in [1.29, 1.82) is 0 Å². The lowest BCUT2D eigenvalue weighted by Crippen LogP contribution is -2.48. The van der Waals surface area contributed by atoms with E-state index in [4.69, 9.17) is 4.74 Å². The van der Waals surface area contributed by atoms with E-state index in [1.165, 1.54) is 46.8 Å². The van der Waals surface area contributed by atoms with E-state index >= 15 is 0 Å². The van der Waals surface area contributed by atoms with Crippen molar-refractivity contribution in [1.82, 2.24) is 9.73 Å². The Bertz CT molecular complexity index is 1030. The molecule has 0 spiro atoms. The number of amides is 1. The van der Waals surface area contributed by atoms with Gasteiger partial charge in [0.25, 0.3) is 5.91 Å². The van der Waals surface area contributed by atoms with Crippen molar-refractivity contribution in [2.75, 3.05) is 18.5 Å². The second-order valence-corrected chi connectivity index (χ2v) is 9.16. The Hall–Kier alpha value is -2.63. The smallest absolute Gasteiger partial charge is 0.373 e. The average Bonchev–Trinajstić information content (AvgIpc) is 2.71. The van der Waals surface area contributed by atoms with Crippen LogP contribution in [0.4, 0.5) is 18.9 Å². The molecule has 31 heavy (non-hydrogen) atoms. The maximum Gasteiger partial charge on any atom is 0.418 e. The van der Waals surface area contributed by atoms with Gasteiger partial charge in [-0.05, 0) is 50.2 Å². The molecule has 1 fully saturated rings. The number of carbonyl (C=O) groups is 1. The normalized spacial score (nSPS) is 20.3. The summed E-state index contributed by atoms with van der Waals surface area (Å²) < 4.78 is 71.7. The number of carbonyl (C=O) groups excluding carboxylic acids is 1. The monoisotopic (exact) mass is 457 g/mol. The van der Waals surface area contributed by atoms with Gasteiger partial charge in [0.15, 0.2) is 0 Å². The minimum Gasteiger partial charge on any atom is -0.373 e. The van der Waals surface area contributed by atoms with Crippen molar-refractivity contribution in [3.63, 3.8) is 0 Å². The standard InChI is InChI=1S/C20H22F3N3O4S/c1-13-11-26(12-14(2)30-13)31(28,29)16-9-7-15(8-10-16)19(27)25-24-18-6-4-3-5-17(18)20(21,22)23/h3-10,13-14,24H,11-12H2,1-2H3,(H,25,27)/t13-,14+. The highest BCUT2D eigenvalue weighted by molar-refractivity contribution is 7.89. The van der Waals surface area contributed by atoms with Crippen LogP contribution in [-0.2, 0) is 20.9 Å². The number of para-hydroxylation sites is 1. The molecule has 1 amide bonds. The molecule has 2 aromatic rings. The van der Waals surface area contributed by atoms with Gasteiger partial charge in [0.2, 0.25) is 10.0 Å². The van der Waals surface area contributed by atoms with E-state index in [0.29, 0.717) is 0 Å². The fourth-order valence-electron chi connectivity index (χ4n) is 3.29. The van der Waals surface area contributed by atoms with Crippen LogP contribution in [0.1, 0.15) is 29.8 Å². The van der Waals surface area contributed by atoms with Gasteiger partial charge in [-0.15, -0.1) is 0 Å². The molecular formula is C20H22F3N3O4S. The summed E-state index contributed by atoms with van der Waals surface area (Å²) in [6.45, 7) is 4.01. The number of ether oxygens (including phenoxy) is 1. The molecular weight excluding hydrogens is 435 g/mol. The van der Waals surface area contributed by atoms with Crippen LogP contribution >= 0.6 is 0 Å². The average molecular weight is 457 g/mol. The van der Waals surface area contributed by atoms with Gasteiger partial charge in [-0.3, -0.25) is 15.6 Å². The number of hydrogen-bond donors (Lipinski definition) is 2. The predicted molar refractivity (Wildman–Crippen MR) is 108 cm³/mol. The van der Waals surface area contributed by atoms with Gasteiger partial charge < -0.3 is 4.74 Å². The molecule has 7 nitrogen and oxygen atoms in total. The zero-order valence-corrected chi connectivity index (χ0v) is 17.6.